The molecule has 0 heterocycles. The normalized spacial score (nSPS) is 51.0. The van der Waals surface area contributed by atoms with Crippen molar-refractivity contribution >= 4 is 24.2 Å². The topological polar surface area (TPSA) is 34.1 Å². The minimum Gasteiger partial charge on any atom is -0.299 e. The van der Waals surface area contributed by atoms with Crippen molar-refractivity contribution in [1.82, 2.24) is 0 Å². The van der Waals surface area contributed by atoms with Gasteiger partial charge < -0.3 is 0 Å². The molecule has 120 valence electrons. The fourth-order valence-electron chi connectivity index (χ4n) is 6.39. The molecule has 3 fully saturated rings. The van der Waals surface area contributed by atoms with Gasteiger partial charge in [0.25, 0.3) is 0 Å². The average molecular weight is 318 g/mol. The Bertz CT molecular complexity index is 580. The van der Waals surface area contributed by atoms with E-state index < -0.39 is 0 Å². The molecule has 0 aromatic rings. The van der Waals surface area contributed by atoms with Crippen LogP contribution in [-0.2, 0) is 9.59 Å². The van der Waals surface area contributed by atoms with Crippen molar-refractivity contribution in [1.29, 1.82) is 0 Å². The molecular formula is C19H26O2S. The number of Topliss-reactive ketones (excluding diaryl/α,β-unsaturated/α-hetero) is 1. The van der Waals surface area contributed by atoms with Crippen LogP contribution >= 0.6 is 12.6 Å². The molecular weight excluding hydrogens is 292 g/mol. The number of carbonyl (C=O) groups is 2. The Hall–Kier alpha value is -0.570. The maximum Gasteiger partial charge on any atom is 0.168 e. The molecule has 6 atom stereocenters. The number of carbonyl (C=O) groups excluding carboxylic acids is 2. The van der Waals surface area contributed by atoms with E-state index in [1.54, 1.807) is 0 Å². The number of hydrogen-bond donors (Lipinski definition) is 1. The summed E-state index contributed by atoms with van der Waals surface area (Å²) >= 11 is 4.54. The van der Waals surface area contributed by atoms with Gasteiger partial charge in [0, 0.05) is 11.8 Å². The van der Waals surface area contributed by atoms with Crippen LogP contribution in [0.5, 0.6) is 0 Å². The van der Waals surface area contributed by atoms with Gasteiger partial charge in [0.05, 0.1) is 5.25 Å². The maximum atomic E-state index is 12.4. The highest BCUT2D eigenvalue weighted by atomic mass is 32.1. The molecule has 4 aliphatic carbocycles. The van der Waals surface area contributed by atoms with Crippen molar-refractivity contribution in [3.8, 4) is 0 Å². The summed E-state index contributed by atoms with van der Waals surface area (Å²) in [7, 11) is 0. The van der Waals surface area contributed by atoms with E-state index >= 15 is 0 Å². The number of rotatable bonds is 0. The molecule has 3 heteroatoms. The fraction of sp³-hybridized carbons (Fsp3) is 0.789. The first-order valence-corrected chi connectivity index (χ1v) is 9.34. The van der Waals surface area contributed by atoms with Crippen LogP contribution in [0.1, 0.15) is 58.8 Å². The molecule has 0 N–H and O–H groups in total. The lowest BCUT2D eigenvalue weighted by Gasteiger charge is -2.57. The highest BCUT2D eigenvalue weighted by Crippen LogP contribution is 2.64. The molecule has 0 saturated heterocycles. The summed E-state index contributed by atoms with van der Waals surface area (Å²) in [6, 6.07) is 0. The van der Waals surface area contributed by atoms with Gasteiger partial charge in [-0.1, -0.05) is 19.4 Å². The van der Waals surface area contributed by atoms with E-state index in [1.165, 1.54) is 12.0 Å². The second-order valence-electron chi connectivity index (χ2n) is 8.54. The van der Waals surface area contributed by atoms with Gasteiger partial charge in [-0.25, -0.2) is 0 Å². The molecule has 0 aromatic heterocycles. The van der Waals surface area contributed by atoms with E-state index in [1.807, 2.05) is 6.08 Å². The van der Waals surface area contributed by atoms with E-state index in [0.29, 0.717) is 23.5 Å². The third kappa shape index (κ3) is 1.81. The van der Waals surface area contributed by atoms with E-state index in [2.05, 4.69) is 26.5 Å². The Morgan fingerprint density at radius 2 is 1.77 bits per heavy atom. The van der Waals surface area contributed by atoms with E-state index in [9.17, 15) is 9.59 Å². The molecule has 0 amide bonds. The van der Waals surface area contributed by atoms with Gasteiger partial charge in [0.1, 0.15) is 5.78 Å². The van der Waals surface area contributed by atoms with Crippen LogP contribution in [-0.4, -0.2) is 16.8 Å². The molecule has 0 radical (unpaired) electrons. The van der Waals surface area contributed by atoms with Gasteiger partial charge in [0.15, 0.2) is 5.78 Å². The predicted octanol–water partition coefficient (Wildman–Crippen LogP) is 4.00. The second-order valence-corrected chi connectivity index (χ2v) is 9.17. The van der Waals surface area contributed by atoms with Gasteiger partial charge in [-0.05, 0) is 67.8 Å². The smallest absolute Gasteiger partial charge is 0.168 e. The predicted molar refractivity (Wildman–Crippen MR) is 89.9 cm³/mol. The fourth-order valence-corrected chi connectivity index (χ4v) is 6.84. The Kier molecular flexibility index (Phi) is 3.21. The lowest BCUT2D eigenvalue weighted by molar-refractivity contribution is -0.132. The third-order valence-electron chi connectivity index (χ3n) is 7.71. The van der Waals surface area contributed by atoms with Crippen molar-refractivity contribution in [3.05, 3.63) is 11.6 Å². The van der Waals surface area contributed by atoms with Crippen LogP contribution in [0.4, 0.5) is 0 Å². The van der Waals surface area contributed by atoms with Crippen molar-refractivity contribution in [2.75, 3.05) is 0 Å². The molecule has 4 rings (SSSR count). The Balaban J connectivity index is 1.71. The van der Waals surface area contributed by atoms with Crippen LogP contribution in [0.3, 0.4) is 0 Å². The lowest BCUT2D eigenvalue weighted by atomic mass is 9.47. The van der Waals surface area contributed by atoms with Crippen molar-refractivity contribution in [2.45, 2.75) is 64.0 Å². The van der Waals surface area contributed by atoms with Crippen LogP contribution in [0.25, 0.3) is 0 Å². The van der Waals surface area contributed by atoms with Crippen LogP contribution in [0.2, 0.25) is 0 Å². The summed E-state index contributed by atoms with van der Waals surface area (Å²) < 4.78 is 0. The quantitative estimate of drug-likeness (QED) is 0.685. The molecule has 22 heavy (non-hydrogen) atoms. The molecule has 0 spiro atoms. The SMILES string of the molecule is C[C@]12C[C@@H](S)C(=O)C=C1CC[C@@H]1[C@@H]2CC[C@]2(C)C(=O)CC[C@@H]12. The van der Waals surface area contributed by atoms with E-state index in [0.717, 1.165) is 38.5 Å². The lowest BCUT2D eigenvalue weighted by Crippen LogP contribution is -2.51. The highest BCUT2D eigenvalue weighted by Gasteiger charge is 2.59. The van der Waals surface area contributed by atoms with Crippen molar-refractivity contribution < 1.29 is 9.59 Å². The highest BCUT2D eigenvalue weighted by molar-refractivity contribution is 7.81. The Morgan fingerprint density at radius 3 is 2.55 bits per heavy atom. The summed E-state index contributed by atoms with van der Waals surface area (Å²) in [5, 5.41) is -0.133. The first-order chi connectivity index (χ1) is 10.4. The number of thiol groups is 1. The minimum absolute atomic E-state index is 0.0520. The van der Waals surface area contributed by atoms with E-state index in [4.69, 9.17) is 0 Å². The van der Waals surface area contributed by atoms with Gasteiger partial charge in [-0.3, -0.25) is 9.59 Å². The first kappa shape index (κ1) is 15.0. The monoisotopic (exact) mass is 318 g/mol. The largest absolute Gasteiger partial charge is 0.299 e. The van der Waals surface area contributed by atoms with Crippen LogP contribution in [0.15, 0.2) is 11.6 Å². The molecule has 0 bridgehead atoms. The number of allylic oxidation sites excluding steroid dienone is 1. The molecule has 0 unspecified atom stereocenters. The molecule has 0 aliphatic heterocycles. The number of ketones is 2. The summed E-state index contributed by atoms with van der Waals surface area (Å²) in [6.45, 7) is 4.59. The Labute approximate surface area is 138 Å². The summed E-state index contributed by atoms with van der Waals surface area (Å²) in [4.78, 5) is 24.4. The molecule has 3 saturated carbocycles. The molecule has 2 nitrogen and oxygen atoms in total. The van der Waals surface area contributed by atoms with Crippen molar-refractivity contribution in [3.63, 3.8) is 0 Å². The molecule has 0 aromatic carbocycles. The van der Waals surface area contributed by atoms with Gasteiger partial charge in [-0.15, -0.1) is 0 Å². The standard InChI is InChI=1S/C19H26O2S/c1-18-8-7-14-12(13(18)5-6-17(18)21)4-3-11-9-15(20)16(22)10-19(11,14)2/h9,12-14,16,22H,3-8,10H2,1-2H3/t12-,13-,14-,16+,18-,19-/m0/s1. The zero-order valence-electron chi connectivity index (χ0n) is 13.6. The second kappa shape index (κ2) is 4.72. The zero-order valence-corrected chi connectivity index (χ0v) is 14.5. The van der Waals surface area contributed by atoms with E-state index in [-0.39, 0.29) is 21.9 Å². The average Bonchev–Trinajstić information content (AvgIpc) is 2.77. The summed E-state index contributed by atoms with van der Waals surface area (Å²) in [5.41, 5.74) is 1.46. The maximum absolute atomic E-state index is 12.4. The summed E-state index contributed by atoms with van der Waals surface area (Å²) in [5.74, 6) is 2.59. The molecule has 4 aliphatic rings. The third-order valence-corrected chi connectivity index (χ3v) is 8.14. The zero-order chi connectivity index (χ0) is 15.7. The first-order valence-electron chi connectivity index (χ1n) is 8.82. The van der Waals surface area contributed by atoms with Crippen LogP contribution < -0.4 is 0 Å². The Morgan fingerprint density at radius 1 is 1.05 bits per heavy atom. The van der Waals surface area contributed by atoms with Crippen LogP contribution in [0, 0.1) is 28.6 Å². The van der Waals surface area contributed by atoms with Crippen molar-refractivity contribution in [2.24, 2.45) is 28.6 Å². The van der Waals surface area contributed by atoms with Gasteiger partial charge in [-0.2, -0.15) is 12.6 Å². The number of fused-ring (bicyclic) bond motifs is 5. The van der Waals surface area contributed by atoms with Gasteiger partial charge in [0.2, 0.25) is 0 Å². The van der Waals surface area contributed by atoms with Gasteiger partial charge >= 0.3 is 0 Å². The summed E-state index contributed by atoms with van der Waals surface area (Å²) in [6.07, 6.45) is 9.09. The minimum atomic E-state index is -0.133. The number of hydrogen-bond acceptors (Lipinski definition) is 3.